The summed E-state index contributed by atoms with van der Waals surface area (Å²) < 4.78 is 5.21. The zero-order valence-electron chi connectivity index (χ0n) is 11.1. The van der Waals surface area contributed by atoms with Crippen LogP contribution in [0.3, 0.4) is 0 Å². The average molecular weight is 257 g/mol. The van der Waals surface area contributed by atoms with E-state index >= 15 is 0 Å². The first-order valence-electron chi connectivity index (χ1n) is 5.94. The van der Waals surface area contributed by atoms with E-state index in [2.05, 4.69) is 0 Å². The zero-order valence-corrected chi connectivity index (χ0v) is 11.1. The lowest BCUT2D eigenvalue weighted by Crippen LogP contribution is -1.99. The molecule has 2 rings (SSSR count). The molecule has 0 saturated heterocycles. The molecule has 0 atom stereocenters. The quantitative estimate of drug-likeness (QED) is 0.619. The Hall–Kier alpha value is -2.36. The lowest BCUT2D eigenvalue weighted by molar-refractivity contribution is -0.385. The van der Waals surface area contributed by atoms with Crippen LogP contribution in [0.25, 0.3) is 11.1 Å². The molecule has 0 aliphatic carbocycles. The molecule has 0 aromatic heterocycles. The van der Waals surface area contributed by atoms with E-state index in [-0.39, 0.29) is 5.69 Å². The van der Waals surface area contributed by atoms with Gasteiger partial charge in [-0.15, -0.1) is 0 Å². The normalized spacial score (nSPS) is 10.3. The third kappa shape index (κ3) is 2.29. The smallest absolute Gasteiger partial charge is 0.311 e. The Morgan fingerprint density at radius 1 is 1.16 bits per heavy atom. The Balaban J connectivity index is 2.74. The van der Waals surface area contributed by atoms with Crippen LogP contribution in [0, 0.1) is 24.0 Å². The fourth-order valence-corrected chi connectivity index (χ4v) is 2.39. The summed E-state index contributed by atoms with van der Waals surface area (Å²) in [6.07, 6.45) is 0. The lowest BCUT2D eigenvalue weighted by Gasteiger charge is -2.14. The van der Waals surface area contributed by atoms with Gasteiger partial charge in [-0.2, -0.15) is 0 Å². The molecule has 0 bridgehead atoms. The van der Waals surface area contributed by atoms with Crippen molar-refractivity contribution in [2.75, 3.05) is 7.11 Å². The minimum absolute atomic E-state index is 0.0113. The number of benzene rings is 2. The maximum Gasteiger partial charge on any atom is 0.311 e. The Morgan fingerprint density at radius 2 is 1.79 bits per heavy atom. The number of hydrogen-bond donors (Lipinski definition) is 0. The largest absolute Gasteiger partial charge is 0.490 e. The van der Waals surface area contributed by atoms with Crippen LogP contribution in [-0.2, 0) is 0 Å². The van der Waals surface area contributed by atoms with Crippen molar-refractivity contribution >= 4 is 5.69 Å². The molecule has 98 valence electrons. The molecule has 4 nitrogen and oxygen atoms in total. The van der Waals surface area contributed by atoms with Gasteiger partial charge in [0.25, 0.3) is 0 Å². The van der Waals surface area contributed by atoms with E-state index in [1.165, 1.54) is 7.11 Å². The monoisotopic (exact) mass is 257 g/mol. The van der Waals surface area contributed by atoms with E-state index < -0.39 is 4.92 Å². The van der Waals surface area contributed by atoms with Crippen molar-refractivity contribution in [2.45, 2.75) is 13.8 Å². The minimum atomic E-state index is -0.409. The number of nitro benzene ring substituents is 1. The molecule has 0 aliphatic rings. The lowest BCUT2D eigenvalue weighted by atomic mass is 9.94. The topological polar surface area (TPSA) is 52.4 Å². The van der Waals surface area contributed by atoms with Crippen LogP contribution >= 0.6 is 0 Å². The molecule has 2 aromatic rings. The molecule has 0 heterocycles. The maximum atomic E-state index is 11.1. The summed E-state index contributed by atoms with van der Waals surface area (Å²) in [5.41, 5.74) is 3.70. The average Bonchev–Trinajstić information content (AvgIpc) is 2.39. The molecule has 0 spiro atoms. The molecule has 0 saturated carbocycles. The van der Waals surface area contributed by atoms with Gasteiger partial charge in [-0.3, -0.25) is 10.1 Å². The van der Waals surface area contributed by atoms with Crippen LogP contribution in [0.1, 0.15) is 11.1 Å². The highest BCUT2D eigenvalue weighted by Crippen LogP contribution is 2.39. The number of ether oxygens (including phenoxy) is 1. The third-order valence-corrected chi connectivity index (χ3v) is 3.16. The molecule has 4 heteroatoms. The van der Waals surface area contributed by atoms with Crippen molar-refractivity contribution in [3.05, 3.63) is 57.6 Å². The first-order valence-corrected chi connectivity index (χ1v) is 5.94. The predicted octanol–water partition coefficient (Wildman–Crippen LogP) is 3.89. The van der Waals surface area contributed by atoms with Gasteiger partial charge in [-0.1, -0.05) is 30.3 Å². The second kappa shape index (κ2) is 5.10. The third-order valence-electron chi connectivity index (χ3n) is 3.16. The van der Waals surface area contributed by atoms with Gasteiger partial charge in [-0.25, -0.2) is 0 Å². The van der Waals surface area contributed by atoms with E-state index in [9.17, 15) is 10.1 Å². The van der Waals surface area contributed by atoms with E-state index in [0.717, 1.165) is 22.3 Å². The highest BCUT2D eigenvalue weighted by atomic mass is 16.6. The van der Waals surface area contributed by atoms with Crippen LogP contribution in [0.15, 0.2) is 36.4 Å². The second-order valence-corrected chi connectivity index (χ2v) is 4.37. The maximum absolute atomic E-state index is 11.1. The molecule has 19 heavy (non-hydrogen) atoms. The number of nitrogens with zero attached hydrogens (tertiary/aromatic N) is 1. The van der Waals surface area contributed by atoms with Gasteiger partial charge in [0.2, 0.25) is 0 Å². The van der Waals surface area contributed by atoms with Crippen LogP contribution in [0.4, 0.5) is 5.69 Å². The van der Waals surface area contributed by atoms with Crippen LogP contribution < -0.4 is 4.74 Å². The SMILES string of the molecule is COc1c([N+](=O)[O-])cc(C)c(-c2ccccc2)c1C. The van der Waals surface area contributed by atoms with Crippen molar-refractivity contribution in [3.63, 3.8) is 0 Å². The van der Waals surface area contributed by atoms with Crippen molar-refractivity contribution in [3.8, 4) is 16.9 Å². The van der Waals surface area contributed by atoms with Crippen molar-refractivity contribution in [2.24, 2.45) is 0 Å². The molecular formula is C15H15NO3. The minimum Gasteiger partial charge on any atom is -0.490 e. The van der Waals surface area contributed by atoms with Gasteiger partial charge in [0.1, 0.15) is 0 Å². The number of hydrogen-bond acceptors (Lipinski definition) is 3. The second-order valence-electron chi connectivity index (χ2n) is 4.37. The summed E-state index contributed by atoms with van der Waals surface area (Å²) in [7, 11) is 1.46. The van der Waals surface area contributed by atoms with Gasteiger partial charge < -0.3 is 4.74 Å². The molecule has 0 radical (unpaired) electrons. The highest BCUT2D eigenvalue weighted by Gasteiger charge is 2.22. The van der Waals surface area contributed by atoms with Crippen molar-refractivity contribution < 1.29 is 9.66 Å². The van der Waals surface area contributed by atoms with Crippen LogP contribution in [0.5, 0.6) is 5.75 Å². The predicted molar refractivity (Wildman–Crippen MR) is 74.6 cm³/mol. The number of aryl methyl sites for hydroxylation is 1. The Labute approximate surface area is 111 Å². The number of rotatable bonds is 3. The highest BCUT2D eigenvalue weighted by molar-refractivity contribution is 5.76. The molecule has 0 fully saturated rings. The number of nitro groups is 1. The fourth-order valence-electron chi connectivity index (χ4n) is 2.39. The molecule has 0 aliphatic heterocycles. The first-order chi connectivity index (χ1) is 9.06. The van der Waals surface area contributed by atoms with Gasteiger partial charge >= 0.3 is 5.69 Å². The van der Waals surface area contributed by atoms with Crippen molar-refractivity contribution in [1.29, 1.82) is 0 Å². The Morgan fingerprint density at radius 3 is 2.32 bits per heavy atom. The summed E-state index contributed by atoms with van der Waals surface area (Å²) in [5, 5.41) is 11.1. The molecule has 2 aromatic carbocycles. The summed E-state index contributed by atoms with van der Waals surface area (Å²) in [6, 6.07) is 11.4. The van der Waals surface area contributed by atoms with Gasteiger partial charge in [0.15, 0.2) is 5.75 Å². The summed E-state index contributed by atoms with van der Waals surface area (Å²) in [4.78, 5) is 10.6. The Bertz CT molecular complexity index is 621. The fraction of sp³-hybridized carbons (Fsp3) is 0.200. The molecule has 0 N–H and O–H groups in total. The summed E-state index contributed by atoms with van der Waals surface area (Å²) in [6.45, 7) is 3.73. The zero-order chi connectivity index (χ0) is 14.0. The number of methoxy groups -OCH3 is 1. The van der Waals surface area contributed by atoms with E-state index in [1.54, 1.807) is 6.07 Å². The Kier molecular flexibility index (Phi) is 3.51. The summed E-state index contributed by atoms with van der Waals surface area (Å²) >= 11 is 0. The van der Waals surface area contributed by atoms with Crippen LogP contribution in [-0.4, -0.2) is 12.0 Å². The first kappa shape index (κ1) is 13.1. The standard InChI is InChI=1S/C15H15NO3/c1-10-9-13(16(17)18)15(19-3)11(2)14(10)12-7-5-4-6-8-12/h4-9H,1-3H3. The molecular weight excluding hydrogens is 242 g/mol. The van der Waals surface area contributed by atoms with Gasteiger partial charge in [-0.05, 0) is 30.5 Å². The van der Waals surface area contributed by atoms with E-state index in [4.69, 9.17) is 4.74 Å². The van der Waals surface area contributed by atoms with E-state index in [0.29, 0.717) is 5.75 Å². The van der Waals surface area contributed by atoms with Gasteiger partial charge in [0, 0.05) is 11.6 Å². The van der Waals surface area contributed by atoms with Crippen LogP contribution in [0.2, 0.25) is 0 Å². The van der Waals surface area contributed by atoms with Gasteiger partial charge in [0.05, 0.1) is 12.0 Å². The summed E-state index contributed by atoms with van der Waals surface area (Å²) in [5.74, 6) is 0.328. The molecule has 0 unspecified atom stereocenters. The van der Waals surface area contributed by atoms with E-state index in [1.807, 2.05) is 44.2 Å². The van der Waals surface area contributed by atoms with Crippen molar-refractivity contribution in [1.82, 2.24) is 0 Å². The molecule has 0 amide bonds.